The zero-order valence-electron chi connectivity index (χ0n) is 15.9. The molecule has 1 atom stereocenters. The van der Waals surface area contributed by atoms with E-state index < -0.39 is 0 Å². The summed E-state index contributed by atoms with van der Waals surface area (Å²) in [5.74, 6) is 0.846. The van der Waals surface area contributed by atoms with E-state index in [0.29, 0.717) is 6.54 Å². The summed E-state index contributed by atoms with van der Waals surface area (Å²) in [6.45, 7) is 6.87. The zero-order chi connectivity index (χ0) is 18.5. The minimum atomic E-state index is -0.00851. The molecule has 0 spiro atoms. The maximum Gasteiger partial charge on any atom is 0.251 e. The summed E-state index contributed by atoms with van der Waals surface area (Å²) in [6.07, 6.45) is 2.44. The van der Waals surface area contributed by atoms with Gasteiger partial charge in [0.15, 0.2) is 0 Å². The van der Waals surface area contributed by atoms with Crippen molar-refractivity contribution >= 4 is 5.91 Å². The van der Waals surface area contributed by atoms with Gasteiger partial charge in [-0.3, -0.25) is 9.69 Å². The van der Waals surface area contributed by atoms with Gasteiger partial charge in [0.1, 0.15) is 5.75 Å². The molecule has 1 heterocycles. The van der Waals surface area contributed by atoms with Crippen molar-refractivity contribution in [2.75, 3.05) is 26.7 Å². The third-order valence-corrected chi connectivity index (χ3v) is 5.31. The summed E-state index contributed by atoms with van der Waals surface area (Å²) in [6, 6.07) is 14.2. The number of carbonyl (C=O) groups is 1. The lowest BCUT2D eigenvalue weighted by atomic mass is 10.0. The summed E-state index contributed by atoms with van der Waals surface area (Å²) >= 11 is 0. The highest BCUT2D eigenvalue weighted by Crippen LogP contribution is 2.26. The molecule has 2 aromatic rings. The molecule has 138 valence electrons. The number of nitrogens with one attached hydrogen (secondary N) is 1. The van der Waals surface area contributed by atoms with Crippen molar-refractivity contribution in [3.63, 3.8) is 0 Å². The third-order valence-electron chi connectivity index (χ3n) is 5.31. The lowest BCUT2D eigenvalue weighted by molar-refractivity contribution is 0.0938. The highest BCUT2D eigenvalue weighted by molar-refractivity contribution is 5.94. The van der Waals surface area contributed by atoms with Crippen LogP contribution in [-0.4, -0.2) is 37.6 Å². The van der Waals surface area contributed by atoms with Gasteiger partial charge in [-0.1, -0.05) is 18.2 Å². The van der Waals surface area contributed by atoms with Crippen molar-refractivity contribution < 1.29 is 9.53 Å². The molecule has 4 nitrogen and oxygen atoms in total. The average molecular weight is 352 g/mol. The smallest absolute Gasteiger partial charge is 0.251 e. The van der Waals surface area contributed by atoms with Crippen molar-refractivity contribution in [3.8, 4) is 5.75 Å². The average Bonchev–Trinajstić information content (AvgIpc) is 3.19. The number of ether oxygens (including phenoxy) is 1. The van der Waals surface area contributed by atoms with Crippen molar-refractivity contribution in [1.82, 2.24) is 10.2 Å². The predicted molar refractivity (Wildman–Crippen MR) is 105 cm³/mol. The number of amides is 1. The molecule has 1 aliphatic heterocycles. The number of likely N-dealkylation sites (tertiary alicyclic amines) is 1. The van der Waals surface area contributed by atoms with Crippen LogP contribution in [0.5, 0.6) is 5.75 Å². The van der Waals surface area contributed by atoms with Gasteiger partial charge in [-0.05, 0) is 80.7 Å². The van der Waals surface area contributed by atoms with E-state index in [1.54, 1.807) is 7.11 Å². The molecule has 1 fully saturated rings. The fraction of sp³-hybridized carbons (Fsp3) is 0.409. The molecule has 0 aliphatic carbocycles. The second kappa shape index (κ2) is 8.37. The minimum absolute atomic E-state index is 0.00851. The Morgan fingerprint density at radius 2 is 1.77 bits per heavy atom. The van der Waals surface area contributed by atoms with Crippen LogP contribution < -0.4 is 10.1 Å². The number of aryl methyl sites for hydroxylation is 2. The molecule has 4 heteroatoms. The SMILES string of the molecule is COc1ccc(C(CNC(=O)c2ccc(C)c(C)c2)N2CCCC2)cc1. The molecule has 2 aromatic carbocycles. The van der Waals surface area contributed by atoms with Crippen LogP contribution >= 0.6 is 0 Å². The third kappa shape index (κ3) is 4.25. The Hall–Kier alpha value is -2.33. The van der Waals surface area contributed by atoms with Crippen LogP contribution in [0.2, 0.25) is 0 Å². The normalized spacial score (nSPS) is 15.7. The van der Waals surface area contributed by atoms with Gasteiger partial charge in [0, 0.05) is 12.1 Å². The van der Waals surface area contributed by atoms with E-state index in [-0.39, 0.29) is 11.9 Å². The molecule has 1 aliphatic rings. The molecular weight excluding hydrogens is 324 g/mol. The van der Waals surface area contributed by atoms with Crippen LogP contribution in [0.3, 0.4) is 0 Å². The van der Waals surface area contributed by atoms with E-state index in [4.69, 9.17) is 4.74 Å². The monoisotopic (exact) mass is 352 g/mol. The van der Waals surface area contributed by atoms with E-state index >= 15 is 0 Å². The topological polar surface area (TPSA) is 41.6 Å². The fourth-order valence-electron chi connectivity index (χ4n) is 3.51. The maximum absolute atomic E-state index is 12.6. The largest absolute Gasteiger partial charge is 0.497 e. The molecule has 0 saturated carbocycles. The summed E-state index contributed by atoms with van der Waals surface area (Å²) in [4.78, 5) is 15.1. The fourth-order valence-corrected chi connectivity index (χ4v) is 3.51. The highest BCUT2D eigenvalue weighted by atomic mass is 16.5. The van der Waals surface area contributed by atoms with Gasteiger partial charge in [0.25, 0.3) is 5.91 Å². The van der Waals surface area contributed by atoms with E-state index in [2.05, 4.69) is 29.3 Å². The van der Waals surface area contributed by atoms with Gasteiger partial charge < -0.3 is 10.1 Å². The van der Waals surface area contributed by atoms with Crippen LogP contribution in [0.1, 0.15) is 45.9 Å². The van der Waals surface area contributed by atoms with Gasteiger partial charge >= 0.3 is 0 Å². The number of rotatable bonds is 6. The number of methoxy groups -OCH3 is 1. The van der Waals surface area contributed by atoms with Crippen molar-refractivity contribution in [1.29, 1.82) is 0 Å². The van der Waals surface area contributed by atoms with Crippen LogP contribution in [0.4, 0.5) is 0 Å². The van der Waals surface area contributed by atoms with Crippen LogP contribution in [-0.2, 0) is 0 Å². The second-order valence-corrected chi connectivity index (χ2v) is 7.04. The Morgan fingerprint density at radius 1 is 1.08 bits per heavy atom. The Labute approximate surface area is 156 Å². The summed E-state index contributed by atoms with van der Waals surface area (Å²) in [7, 11) is 1.68. The minimum Gasteiger partial charge on any atom is -0.497 e. The van der Waals surface area contributed by atoms with Gasteiger partial charge in [-0.2, -0.15) is 0 Å². The van der Waals surface area contributed by atoms with Crippen molar-refractivity contribution in [2.45, 2.75) is 32.7 Å². The zero-order valence-corrected chi connectivity index (χ0v) is 15.9. The number of hydrogen-bond acceptors (Lipinski definition) is 3. The first-order chi connectivity index (χ1) is 12.6. The molecule has 26 heavy (non-hydrogen) atoms. The first-order valence-electron chi connectivity index (χ1n) is 9.32. The lowest BCUT2D eigenvalue weighted by Gasteiger charge is -2.28. The summed E-state index contributed by atoms with van der Waals surface area (Å²) in [5.41, 5.74) is 4.29. The predicted octanol–water partition coefficient (Wildman–Crippen LogP) is 3.88. The first kappa shape index (κ1) is 18.5. The molecular formula is C22H28N2O2. The second-order valence-electron chi connectivity index (χ2n) is 7.04. The van der Waals surface area contributed by atoms with Crippen LogP contribution in [0, 0.1) is 13.8 Å². The van der Waals surface area contributed by atoms with E-state index in [1.807, 2.05) is 37.3 Å². The Morgan fingerprint density at radius 3 is 2.38 bits per heavy atom. The number of benzene rings is 2. The van der Waals surface area contributed by atoms with E-state index in [9.17, 15) is 4.79 Å². The van der Waals surface area contributed by atoms with Gasteiger partial charge in [0.05, 0.1) is 13.2 Å². The summed E-state index contributed by atoms with van der Waals surface area (Å²) < 4.78 is 5.27. The van der Waals surface area contributed by atoms with Gasteiger partial charge in [0.2, 0.25) is 0 Å². The Bertz CT molecular complexity index is 749. The van der Waals surface area contributed by atoms with E-state index in [1.165, 1.54) is 24.0 Å². The maximum atomic E-state index is 12.6. The van der Waals surface area contributed by atoms with Crippen molar-refractivity contribution in [2.24, 2.45) is 0 Å². The highest BCUT2D eigenvalue weighted by Gasteiger charge is 2.24. The molecule has 0 bridgehead atoms. The number of carbonyl (C=O) groups excluding carboxylic acids is 1. The van der Waals surface area contributed by atoms with Crippen LogP contribution in [0.25, 0.3) is 0 Å². The first-order valence-corrected chi connectivity index (χ1v) is 9.32. The standard InChI is InChI=1S/C22H28N2O2/c1-16-6-7-19(14-17(16)2)22(25)23-15-21(24-12-4-5-13-24)18-8-10-20(26-3)11-9-18/h6-11,14,21H,4-5,12-13,15H2,1-3H3,(H,23,25). The van der Waals surface area contributed by atoms with Gasteiger partial charge in [-0.25, -0.2) is 0 Å². The lowest BCUT2D eigenvalue weighted by Crippen LogP contribution is -2.36. The summed E-state index contributed by atoms with van der Waals surface area (Å²) in [5, 5.41) is 3.14. The molecule has 1 saturated heterocycles. The molecule has 3 rings (SSSR count). The Balaban J connectivity index is 1.72. The Kier molecular flexibility index (Phi) is 5.94. The molecule has 0 aromatic heterocycles. The van der Waals surface area contributed by atoms with Crippen LogP contribution in [0.15, 0.2) is 42.5 Å². The van der Waals surface area contributed by atoms with Gasteiger partial charge in [-0.15, -0.1) is 0 Å². The quantitative estimate of drug-likeness (QED) is 0.858. The molecule has 1 N–H and O–H groups in total. The molecule has 1 unspecified atom stereocenters. The molecule has 1 amide bonds. The molecule has 0 radical (unpaired) electrons. The van der Waals surface area contributed by atoms with Crippen molar-refractivity contribution in [3.05, 3.63) is 64.7 Å². The number of hydrogen-bond donors (Lipinski definition) is 1. The van der Waals surface area contributed by atoms with E-state index in [0.717, 1.165) is 30.0 Å². The number of nitrogens with zero attached hydrogens (tertiary/aromatic N) is 1.